The second kappa shape index (κ2) is 6.26. The van der Waals surface area contributed by atoms with E-state index in [0.717, 1.165) is 31.8 Å². The summed E-state index contributed by atoms with van der Waals surface area (Å²) >= 11 is 0. The van der Waals surface area contributed by atoms with Gasteiger partial charge in [-0.3, -0.25) is 9.69 Å². The van der Waals surface area contributed by atoms with Crippen LogP contribution in [0.4, 0.5) is 0 Å². The summed E-state index contributed by atoms with van der Waals surface area (Å²) in [4.78, 5) is 15.8. The molecule has 1 saturated heterocycles. The first-order chi connectivity index (χ1) is 10.6. The third-order valence-corrected chi connectivity index (χ3v) is 4.59. The molecular formula is C17H24N2O3. The third kappa shape index (κ3) is 3.10. The van der Waals surface area contributed by atoms with Crippen LogP contribution in [0.2, 0.25) is 0 Å². The Morgan fingerprint density at radius 3 is 2.95 bits per heavy atom. The number of hydrogen-bond acceptors (Lipinski definition) is 4. The summed E-state index contributed by atoms with van der Waals surface area (Å²) in [5.41, 5.74) is 2.57. The number of aryl methyl sites for hydroxylation is 1. The predicted octanol–water partition coefficient (Wildman–Crippen LogP) is 0.824. The lowest BCUT2D eigenvalue weighted by molar-refractivity contribution is -0.138. The molecule has 2 aliphatic rings. The first-order valence-electron chi connectivity index (χ1n) is 7.95. The van der Waals surface area contributed by atoms with Crippen molar-refractivity contribution in [2.24, 2.45) is 0 Å². The minimum atomic E-state index is -0.398. The van der Waals surface area contributed by atoms with E-state index in [-0.39, 0.29) is 18.1 Å². The highest BCUT2D eigenvalue weighted by Gasteiger charge is 2.30. The molecule has 0 radical (unpaired) electrons. The average molecular weight is 304 g/mol. The monoisotopic (exact) mass is 304 g/mol. The summed E-state index contributed by atoms with van der Waals surface area (Å²) in [6.45, 7) is 6.98. The highest BCUT2D eigenvalue weighted by molar-refractivity contribution is 5.77. The molecule has 5 heteroatoms. The standard InChI is InChI=1S/C17H24N2O3/c1-12-3-4-16-14(7-12)8-15(22-16)10-18-5-6-19(13(2)9-18)17(21)11-20/h3-4,7,13,15,20H,5-6,8-11H2,1-2H3. The number of aliphatic hydroxyl groups is 1. The lowest BCUT2D eigenvalue weighted by atomic mass is 10.1. The number of hydrogen-bond donors (Lipinski definition) is 1. The van der Waals surface area contributed by atoms with Crippen molar-refractivity contribution in [1.82, 2.24) is 9.80 Å². The Labute approximate surface area is 131 Å². The van der Waals surface area contributed by atoms with Crippen molar-refractivity contribution >= 4 is 5.91 Å². The number of rotatable bonds is 3. The topological polar surface area (TPSA) is 53.0 Å². The van der Waals surface area contributed by atoms with Crippen LogP contribution >= 0.6 is 0 Å². The molecule has 1 aromatic rings. The molecule has 0 spiro atoms. The highest BCUT2D eigenvalue weighted by atomic mass is 16.5. The van der Waals surface area contributed by atoms with Gasteiger partial charge >= 0.3 is 0 Å². The van der Waals surface area contributed by atoms with E-state index >= 15 is 0 Å². The minimum absolute atomic E-state index is 0.138. The Morgan fingerprint density at radius 1 is 1.41 bits per heavy atom. The molecule has 0 aromatic heterocycles. The molecule has 0 aliphatic carbocycles. The van der Waals surface area contributed by atoms with E-state index < -0.39 is 6.61 Å². The van der Waals surface area contributed by atoms with E-state index in [2.05, 4.69) is 30.0 Å². The number of ether oxygens (including phenoxy) is 1. The first-order valence-corrected chi connectivity index (χ1v) is 7.95. The van der Waals surface area contributed by atoms with E-state index in [1.807, 2.05) is 6.92 Å². The largest absolute Gasteiger partial charge is 0.488 e. The van der Waals surface area contributed by atoms with E-state index in [1.165, 1.54) is 11.1 Å². The van der Waals surface area contributed by atoms with Crippen LogP contribution in [-0.2, 0) is 11.2 Å². The molecule has 22 heavy (non-hydrogen) atoms. The van der Waals surface area contributed by atoms with Crippen LogP contribution in [0.1, 0.15) is 18.1 Å². The Kier molecular flexibility index (Phi) is 4.36. The maximum atomic E-state index is 11.6. The lowest BCUT2D eigenvalue weighted by Gasteiger charge is -2.40. The maximum Gasteiger partial charge on any atom is 0.248 e. The average Bonchev–Trinajstić information content (AvgIpc) is 2.88. The molecule has 2 atom stereocenters. The Bertz CT molecular complexity index is 561. The van der Waals surface area contributed by atoms with Crippen LogP contribution in [0.15, 0.2) is 18.2 Å². The van der Waals surface area contributed by atoms with Crippen molar-refractivity contribution in [3.8, 4) is 5.75 Å². The number of piperazine rings is 1. The van der Waals surface area contributed by atoms with Crippen molar-refractivity contribution in [3.05, 3.63) is 29.3 Å². The van der Waals surface area contributed by atoms with Crippen LogP contribution in [0.25, 0.3) is 0 Å². The van der Waals surface area contributed by atoms with Gasteiger partial charge in [-0.2, -0.15) is 0 Å². The van der Waals surface area contributed by atoms with Gasteiger partial charge in [-0.1, -0.05) is 17.7 Å². The molecule has 1 fully saturated rings. The number of carbonyl (C=O) groups is 1. The molecule has 1 N–H and O–H groups in total. The van der Waals surface area contributed by atoms with Crippen molar-refractivity contribution in [2.45, 2.75) is 32.4 Å². The van der Waals surface area contributed by atoms with Crippen LogP contribution in [-0.4, -0.2) is 65.7 Å². The van der Waals surface area contributed by atoms with Crippen molar-refractivity contribution in [1.29, 1.82) is 0 Å². The summed E-state index contributed by atoms with van der Waals surface area (Å²) in [6.07, 6.45) is 1.16. The molecule has 3 rings (SSSR count). The molecular weight excluding hydrogens is 280 g/mol. The van der Waals surface area contributed by atoms with Crippen LogP contribution < -0.4 is 4.74 Å². The van der Waals surface area contributed by atoms with Gasteiger partial charge in [0.15, 0.2) is 0 Å². The number of benzene rings is 1. The summed E-state index contributed by atoms with van der Waals surface area (Å²) in [6, 6.07) is 6.49. The Hall–Kier alpha value is -1.59. The van der Waals surface area contributed by atoms with Crippen molar-refractivity contribution in [2.75, 3.05) is 32.8 Å². The molecule has 5 nitrogen and oxygen atoms in total. The van der Waals surface area contributed by atoms with Crippen LogP contribution in [0, 0.1) is 6.92 Å². The fourth-order valence-corrected chi connectivity index (χ4v) is 3.50. The van der Waals surface area contributed by atoms with Gasteiger partial charge in [0.2, 0.25) is 5.91 Å². The zero-order chi connectivity index (χ0) is 15.7. The SMILES string of the molecule is Cc1ccc2c(c1)CC(CN1CCN(C(=O)CO)C(C)C1)O2. The normalized spacial score (nSPS) is 25.0. The number of fused-ring (bicyclic) bond motifs is 1. The van der Waals surface area contributed by atoms with Crippen LogP contribution in [0.3, 0.4) is 0 Å². The predicted molar refractivity (Wildman–Crippen MR) is 84.0 cm³/mol. The lowest BCUT2D eigenvalue weighted by Crippen LogP contribution is -2.56. The van der Waals surface area contributed by atoms with E-state index in [1.54, 1.807) is 4.90 Å². The first kappa shape index (κ1) is 15.3. The summed E-state index contributed by atoms with van der Waals surface area (Å²) in [5, 5.41) is 9.00. The molecule has 0 saturated carbocycles. The van der Waals surface area contributed by atoms with Gasteiger partial charge in [0.25, 0.3) is 0 Å². The zero-order valence-electron chi connectivity index (χ0n) is 13.3. The second-order valence-electron chi connectivity index (χ2n) is 6.41. The van der Waals surface area contributed by atoms with E-state index in [4.69, 9.17) is 9.84 Å². The van der Waals surface area contributed by atoms with E-state index in [9.17, 15) is 4.79 Å². The van der Waals surface area contributed by atoms with E-state index in [0.29, 0.717) is 6.54 Å². The number of aliphatic hydroxyl groups excluding tert-OH is 1. The van der Waals surface area contributed by atoms with Crippen molar-refractivity contribution in [3.63, 3.8) is 0 Å². The molecule has 2 aliphatic heterocycles. The Balaban J connectivity index is 1.55. The fraction of sp³-hybridized carbons (Fsp3) is 0.588. The third-order valence-electron chi connectivity index (χ3n) is 4.59. The quantitative estimate of drug-likeness (QED) is 0.898. The molecule has 1 amide bonds. The molecule has 120 valence electrons. The second-order valence-corrected chi connectivity index (χ2v) is 6.41. The van der Waals surface area contributed by atoms with Gasteiger partial charge < -0.3 is 14.7 Å². The molecule has 0 bridgehead atoms. The maximum absolute atomic E-state index is 11.6. The van der Waals surface area contributed by atoms with Crippen molar-refractivity contribution < 1.29 is 14.6 Å². The highest BCUT2D eigenvalue weighted by Crippen LogP contribution is 2.30. The molecule has 1 aromatic carbocycles. The fourth-order valence-electron chi connectivity index (χ4n) is 3.50. The van der Waals surface area contributed by atoms with Gasteiger partial charge in [0, 0.05) is 38.6 Å². The summed E-state index contributed by atoms with van der Waals surface area (Å²) in [7, 11) is 0. The van der Waals surface area contributed by atoms with Gasteiger partial charge in [-0.25, -0.2) is 0 Å². The smallest absolute Gasteiger partial charge is 0.248 e. The summed E-state index contributed by atoms with van der Waals surface area (Å²) in [5.74, 6) is 0.838. The molecule has 2 heterocycles. The Morgan fingerprint density at radius 2 is 2.23 bits per heavy atom. The minimum Gasteiger partial charge on any atom is -0.488 e. The van der Waals surface area contributed by atoms with Crippen LogP contribution in [0.5, 0.6) is 5.75 Å². The van der Waals surface area contributed by atoms with Gasteiger partial charge in [0.1, 0.15) is 18.5 Å². The number of amides is 1. The van der Waals surface area contributed by atoms with Gasteiger partial charge in [0.05, 0.1) is 0 Å². The van der Waals surface area contributed by atoms with Gasteiger partial charge in [-0.15, -0.1) is 0 Å². The summed E-state index contributed by atoms with van der Waals surface area (Å²) < 4.78 is 6.03. The zero-order valence-corrected chi connectivity index (χ0v) is 13.3. The van der Waals surface area contributed by atoms with Gasteiger partial charge in [-0.05, 0) is 25.5 Å². The number of nitrogens with zero attached hydrogens (tertiary/aromatic N) is 2. The number of carbonyl (C=O) groups excluding carboxylic acids is 1. The molecule has 2 unspecified atom stereocenters.